The van der Waals surface area contributed by atoms with Crippen molar-refractivity contribution in [2.45, 2.75) is 45.1 Å². The molecule has 0 saturated carbocycles. The summed E-state index contributed by atoms with van der Waals surface area (Å²) in [7, 11) is 0. The maximum atomic E-state index is 12.5. The lowest BCUT2D eigenvalue weighted by atomic mass is 10.0. The molecule has 3 rings (SSSR count). The Hall–Kier alpha value is -4.25. The van der Waals surface area contributed by atoms with Crippen molar-refractivity contribution >= 4 is 29.5 Å². The highest BCUT2D eigenvalue weighted by Crippen LogP contribution is 2.26. The zero-order valence-electron chi connectivity index (χ0n) is 20.5. The summed E-state index contributed by atoms with van der Waals surface area (Å²) in [5.74, 6) is -3.34. The van der Waals surface area contributed by atoms with Gasteiger partial charge in [-0.15, -0.1) is 0 Å². The van der Waals surface area contributed by atoms with Crippen molar-refractivity contribution in [2.24, 2.45) is 0 Å². The third-order valence-corrected chi connectivity index (χ3v) is 5.98. The molecule has 5 N–H and O–H groups in total. The number of phenolic OH excluding ortho intramolecular Hbond substituents is 1. The smallest absolute Gasteiger partial charge is 0.267 e. The number of rotatable bonds is 12. The number of carbonyl (C=O) groups is 5. The monoisotopic (exact) mass is 510 g/mol. The minimum atomic E-state index is -1.27. The van der Waals surface area contributed by atoms with Gasteiger partial charge >= 0.3 is 0 Å². The van der Waals surface area contributed by atoms with E-state index in [-0.39, 0.29) is 48.7 Å². The van der Waals surface area contributed by atoms with Gasteiger partial charge in [0, 0.05) is 25.9 Å². The van der Waals surface area contributed by atoms with E-state index in [0.29, 0.717) is 6.42 Å². The second-order valence-corrected chi connectivity index (χ2v) is 8.71. The fraction of sp³-hybridized carbons (Fsp3) is 0.346. The standard InChI is InChI=1S/C26H30N4O7/c1-2-3-16-4-6-17(7-5-16)8-11-22(32)27-15-21(24(34)29-37)28-23(33)12-13-30-25(35)19-10-9-18(31)14-20(19)26(30)36/h4-7,9-10,14,21,31,37H,2-3,8,11-13,15H2,1H3,(H,27,32)(H,28,33)(H,29,34)/t21-/m0/s1. The lowest BCUT2D eigenvalue weighted by Gasteiger charge is -2.19. The summed E-state index contributed by atoms with van der Waals surface area (Å²) < 4.78 is 0. The van der Waals surface area contributed by atoms with Gasteiger partial charge in [0.2, 0.25) is 11.8 Å². The predicted molar refractivity (Wildman–Crippen MR) is 132 cm³/mol. The van der Waals surface area contributed by atoms with E-state index in [0.717, 1.165) is 23.3 Å². The highest BCUT2D eigenvalue weighted by Gasteiger charge is 2.36. The Balaban J connectivity index is 1.47. The number of nitrogens with one attached hydrogen (secondary N) is 3. The van der Waals surface area contributed by atoms with Crippen LogP contribution in [0.25, 0.3) is 0 Å². The van der Waals surface area contributed by atoms with Crippen LogP contribution in [0.3, 0.4) is 0 Å². The van der Waals surface area contributed by atoms with E-state index < -0.39 is 29.7 Å². The largest absolute Gasteiger partial charge is 0.508 e. The normalized spacial score (nSPS) is 13.2. The van der Waals surface area contributed by atoms with Gasteiger partial charge in [0.05, 0.1) is 11.1 Å². The van der Waals surface area contributed by atoms with Crippen molar-refractivity contribution < 1.29 is 34.3 Å². The lowest BCUT2D eigenvalue weighted by Crippen LogP contribution is -2.52. The van der Waals surface area contributed by atoms with Crippen molar-refractivity contribution in [1.29, 1.82) is 0 Å². The summed E-state index contributed by atoms with van der Waals surface area (Å²) in [4.78, 5) is 62.5. The molecule has 0 fully saturated rings. The molecular formula is C26H30N4O7. The first-order valence-electron chi connectivity index (χ1n) is 12.0. The fourth-order valence-corrected chi connectivity index (χ4v) is 3.97. The van der Waals surface area contributed by atoms with Crippen LogP contribution in [0.15, 0.2) is 42.5 Å². The maximum absolute atomic E-state index is 12.5. The molecule has 0 bridgehead atoms. The van der Waals surface area contributed by atoms with Gasteiger partial charge in [-0.1, -0.05) is 37.6 Å². The second-order valence-electron chi connectivity index (χ2n) is 8.71. The van der Waals surface area contributed by atoms with Crippen LogP contribution in [0, 0.1) is 0 Å². The summed E-state index contributed by atoms with van der Waals surface area (Å²) in [5, 5.41) is 23.5. The average molecular weight is 511 g/mol. The molecular weight excluding hydrogens is 480 g/mol. The topological polar surface area (TPSA) is 165 Å². The second kappa shape index (κ2) is 12.6. The van der Waals surface area contributed by atoms with Gasteiger partial charge < -0.3 is 15.7 Å². The highest BCUT2D eigenvalue weighted by atomic mass is 16.5. The van der Waals surface area contributed by atoms with Crippen molar-refractivity contribution in [3.8, 4) is 5.75 Å². The number of benzene rings is 2. The molecule has 0 unspecified atom stereocenters. The third kappa shape index (κ3) is 7.14. The molecule has 0 saturated heterocycles. The fourth-order valence-electron chi connectivity index (χ4n) is 3.97. The van der Waals surface area contributed by atoms with Gasteiger partial charge in [0.25, 0.3) is 17.7 Å². The van der Waals surface area contributed by atoms with Crippen LogP contribution >= 0.6 is 0 Å². The molecule has 0 spiro atoms. The Labute approximate surface area is 213 Å². The van der Waals surface area contributed by atoms with Gasteiger partial charge in [-0.3, -0.25) is 34.1 Å². The number of phenols is 1. The van der Waals surface area contributed by atoms with Crippen molar-refractivity contribution in [3.63, 3.8) is 0 Å². The summed E-state index contributed by atoms with van der Waals surface area (Å²) in [6.07, 6.45) is 2.40. The number of hydrogen-bond donors (Lipinski definition) is 5. The zero-order chi connectivity index (χ0) is 26.9. The Morgan fingerprint density at radius 1 is 0.892 bits per heavy atom. The van der Waals surface area contributed by atoms with Crippen LogP contribution in [-0.4, -0.2) is 63.9 Å². The Bertz CT molecular complexity index is 1180. The van der Waals surface area contributed by atoms with Crippen molar-refractivity contribution in [2.75, 3.05) is 13.1 Å². The number of hydroxylamine groups is 1. The zero-order valence-corrected chi connectivity index (χ0v) is 20.5. The summed E-state index contributed by atoms with van der Waals surface area (Å²) in [6.45, 7) is 1.58. The lowest BCUT2D eigenvalue weighted by molar-refractivity contribution is -0.135. The summed E-state index contributed by atoms with van der Waals surface area (Å²) in [6, 6.07) is 10.5. The molecule has 0 aromatic heterocycles. The molecule has 0 radical (unpaired) electrons. The maximum Gasteiger partial charge on any atom is 0.267 e. The molecule has 1 aliphatic heterocycles. The Kier molecular flexibility index (Phi) is 9.33. The quantitative estimate of drug-likeness (QED) is 0.162. The van der Waals surface area contributed by atoms with Crippen molar-refractivity contribution in [1.82, 2.24) is 21.0 Å². The minimum absolute atomic E-state index is 0.0440. The molecule has 1 atom stereocenters. The van der Waals surface area contributed by atoms with E-state index in [1.54, 1.807) is 0 Å². The van der Waals surface area contributed by atoms with Crippen LogP contribution in [0.2, 0.25) is 0 Å². The van der Waals surface area contributed by atoms with Crippen LogP contribution < -0.4 is 16.1 Å². The van der Waals surface area contributed by atoms with E-state index in [9.17, 15) is 29.1 Å². The number of imide groups is 1. The van der Waals surface area contributed by atoms with Crippen molar-refractivity contribution in [3.05, 3.63) is 64.7 Å². The molecule has 5 amide bonds. The number of hydrogen-bond acceptors (Lipinski definition) is 7. The van der Waals surface area contributed by atoms with E-state index in [4.69, 9.17) is 5.21 Å². The molecule has 11 nitrogen and oxygen atoms in total. The number of amides is 5. The van der Waals surface area contributed by atoms with Gasteiger partial charge in [0.1, 0.15) is 11.8 Å². The van der Waals surface area contributed by atoms with Crippen LogP contribution in [0.5, 0.6) is 5.75 Å². The number of fused-ring (bicyclic) bond motifs is 1. The molecule has 37 heavy (non-hydrogen) atoms. The van der Waals surface area contributed by atoms with E-state index >= 15 is 0 Å². The molecule has 1 aliphatic rings. The first-order chi connectivity index (χ1) is 17.7. The Morgan fingerprint density at radius 2 is 1.54 bits per heavy atom. The van der Waals surface area contributed by atoms with Gasteiger partial charge in [0.15, 0.2) is 0 Å². The first-order valence-corrected chi connectivity index (χ1v) is 12.0. The van der Waals surface area contributed by atoms with Gasteiger partial charge in [-0.05, 0) is 42.2 Å². The van der Waals surface area contributed by atoms with E-state index in [1.807, 2.05) is 24.3 Å². The van der Waals surface area contributed by atoms with Crippen LogP contribution in [-0.2, 0) is 27.2 Å². The molecule has 1 heterocycles. The van der Waals surface area contributed by atoms with Gasteiger partial charge in [-0.25, -0.2) is 5.48 Å². The van der Waals surface area contributed by atoms with E-state index in [2.05, 4.69) is 17.6 Å². The average Bonchev–Trinajstić information content (AvgIpc) is 3.12. The van der Waals surface area contributed by atoms with E-state index in [1.165, 1.54) is 29.2 Å². The minimum Gasteiger partial charge on any atom is -0.508 e. The first kappa shape index (κ1) is 27.3. The van der Waals surface area contributed by atoms with Gasteiger partial charge in [-0.2, -0.15) is 0 Å². The Morgan fingerprint density at radius 3 is 2.19 bits per heavy atom. The molecule has 11 heteroatoms. The summed E-state index contributed by atoms with van der Waals surface area (Å²) >= 11 is 0. The van der Waals surface area contributed by atoms with Crippen LogP contribution in [0.4, 0.5) is 0 Å². The third-order valence-electron chi connectivity index (χ3n) is 5.98. The highest BCUT2D eigenvalue weighted by molar-refractivity contribution is 6.21. The molecule has 2 aromatic carbocycles. The molecule has 2 aromatic rings. The number of nitrogens with zero attached hydrogens (tertiary/aromatic N) is 1. The molecule has 196 valence electrons. The number of carbonyl (C=O) groups excluding carboxylic acids is 5. The van der Waals surface area contributed by atoms with Crippen LogP contribution in [0.1, 0.15) is 58.0 Å². The predicted octanol–water partition coefficient (Wildman–Crippen LogP) is 1.07. The molecule has 0 aliphatic carbocycles. The number of aryl methyl sites for hydroxylation is 2. The number of aromatic hydroxyl groups is 1. The SMILES string of the molecule is CCCc1ccc(CCC(=O)NC[C@H](NC(=O)CCN2C(=O)c3ccc(O)cc3C2=O)C(=O)NO)cc1. The summed E-state index contributed by atoms with van der Waals surface area (Å²) in [5.41, 5.74) is 3.84.